The summed E-state index contributed by atoms with van der Waals surface area (Å²) < 4.78 is 12.9. The molecule has 1 rings (SSSR count). The maximum Gasteiger partial charge on any atom is 0.279 e. The minimum Gasteiger partial charge on any atom is -0.326 e. The summed E-state index contributed by atoms with van der Waals surface area (Å²) in [6.07, 6.45) is 2.09. The van der Waals surface area contributed by atoms with Gasteiger partial charge in [-0.3, -0.25) is 4.79 Å². The quantitative estimate of drug-likeness (QED) is 0.759. The minimum atomic E-state index is -0.349. The van der Waals surface area contributed by atoms with Gasteiger partial charge < -0.3 is 10.2 Å². The Balaban J connectivity index is 2.44. The molecule has 1 aromatic rings. The van der Waals surface area contributed by atoms with Gasteiger partial charge in [0, 0.05) is 5.69 Å². The number of allylic oxidation sites excluding steroid dienone is 1. The van der Waals surface area contributed by atoms with Crippen LogP contribution in [0.4, 0.5) is 10.1 Å². The summed E-state index contributed by atoms with van der Waals surface area (Å²) in [5, 5.41) is 2.68. The fourth-order valence-corrected chi connectivity index (χ4v) is 1.50. The molecule has 0 aliphatic rings. The molecule has 0 fully saturated rings. The van der Waals surface area contributed by atoms with E-state index < -0.39 is 0 Å². The maximum atomic E-state index is 12.9. The van der Waals surface area contributed by atoms with E-state index in [1.165, 1.54) is 17.7 Å². The second-order valence-electron chi connectivity index (χ2n) is 4.68. The number of anilines is 1. The summed E-state index contributed by atoms with van der Waals surface area (Å²) in [5.74, 6) is -0.460. The molecule has 1 atom stereocenters. The summed E-state index contributed by atoms with van der Waals surface area (Å²) in [5.41, 5.74) is 1.73. The Morgan fingerprint density at radius 3 is 2.78 bits per heavy atom. The third kappa shape index (κ3) is 5.59. The molecule has 2 N–H and O–H groups in total. The summed E-state index contributed by atoms with van der Waals surface area (Å²) in [6, 6.07) is 5.91. The van der Waals surface area contributed by atoms with Crippen LogP contribution >= 0.6 is 0 Å². The van der Waals surface area contributed by atoms with Crippen LogP contribution in [-0.2, 0) is 4.79 Å². The van der Waals surface area contributed by atoms with Crippen LogP contribution in [0.5, 0.6) is 0 Å². The number of halogens is 1. The van der Waals surface area contributed by atoms with Crippen molar-refractivity contribution in [2.24, 2.45) is 0 Å². The first kappa shape index (κ1) is 14.4. The number of amides is 1. The van der Waals surface area contributed by atoms with Gasteiger partial charge in [-0.2, -0.15) is 0 Å². The van der Waals surface area contributed by atoms with Crippen molar-refractivity contribution in [3.8, 4) is 0 Å². The van der Waals surface area contributed by atoms with E-state index in [4.69, 9.17) is 0 Å². The Kier molecular flexibility index (Phi) is 5.52. The Hall–Kier alpha value is -1.68. The molecule has 0 saturated heterocycles. The number of carbonyl (C=O) groups is 1. The molecule has 98 valence electrons. The summed E-state index contributed by atoms with van der Waals surface area (Å²) in [4.78, 5) is 12.8. The van der Waals surface area contributed by atoms with Gasteiger partial charge in [-0.15, -0.1) is 0 Å². The highest BCUT2D eigenvalue weighted by Gasteiger charge is 2.09. The van der Waals surface area contributed by atoms with Crippen molar-refractivity contribution in [1.82, 2.24) is 0 Å². The summed E-state index contributed by atoms with van der Waals surface area (Å²) >= 11 is 0. The lowest BCUT2D eigenvalue weighted by atomic mass is 10.3. The van der Waals surface area contributed by atoms with E-state index in [1.807, 2.05) is 20.9 Å². The number of hydrogen-bond acceptors (Lipinski definition) is 1. The molecule has 0 aromatic heterocycles. The second-order valence-corrected chi connectivity index (χ2v) is 4.68. The number of carbonyl (C=O) groups excluding carboxylic acids is 1. The first-order valence-corrected chi connectivity index (χ1v) is 5.97. The molecule has 0 spiro atoms. The lowest BCUT2D eigenvalue weighted by Crippen LogP contribution is -3.09. The Morgan fingerprint density at radius 1 is 1.44 bits per heavy atom. The predicted octanol–water partition coefficient (Wildman–Crippen LogP) is 1.25. The van der Waals surface area contributed by atoms with Gasteiger partial charge in [-0.1, -0.05) is 11.6 Å². The first-order chi connectivity index (χ1) is 8.47. The zero-order valence-corrected chi connectivity index (χ0v) is 11.1. The number of likely N-dealkylation sites (N-methyl/N-ethyl adjacent to an activating group) is 1. The van der Waals surface area contributed by atoms with Crippen molar-refractivity contribution >= 4 is 11.6 Å². The van der Waals surface area contributed by atoms with E-state index in [0.717, 1.165) is 11.4 Å². The maximum absolute atomic E-state index is 12.9. The normalized spacial score (nSPS) is 11.8. The smallest absolute Gasteiger partial charge is 0.279 e. The van der Waals surface area contributed by atoms with Crippen LogP contribution in [0.2, 0.25) is 0 Å². The minimum absolute atomic E-state index is 0.111. The molecule has 4 heteroatoms. The molecule has 0 radical (unpaired) electrons. The van der Waals surface area contributed by atoms with Crippen LogP contribution in [0.1, 0.15) is 13.8 Å². The molecular formula is C14H20FN2O+. The van der Waals surface area contributed by atoms with Crippen molar-refractivity contribution in [2.75, 3.05) is 25.5 Å². The summed E-state index contributed by atoms with van der Waals surface area (Å²) in [6.45, 7) is 5.22. The van der Waals surface area contributed by atoms with Crippen molar-refractivity contribution in [2.45, 2.75) is 13.8 Å². The van der Waals surface area contributed by atoms with Crippen LogP contribution in [0.3, 0.4) is 0 Å². The molecule has 1 amide bonds. The van der Waals surface area contributed by atoms with Gasteiger partial charge in [-0.25, -0.2) is 4.39 Å². The monoisotopic (exact) mass is 251 g/mol. The van der Waals surface area contributed by atoms with Gasteiger partial charge in [0.05, 0.1) is 13.6 Å². The Morgan fingerprint density at radius 2 is 2.17 bits per heavy atom. The molecule has 3 nitrogen and oxygen atoms in total. The SMILES string of the molecule is CC(C)=CC[NH+](C)CC(=O)Nc1cccc(F)c1. The van der Waals surface area contributed by atoms with Crippen molar-refractivity contribution in [1.29, 1.82) is 0 Å². The van der Waals surface area contributed by atoms with Crippen LogP contribution in [-0.4, -0.2) is 26.0 Å². The fraction of sp³-hybridized carbons (Fsp3) is 0.357. The molecule has 0 heterocycles. The van der Waals surface area contributed by atoms with Gasteiger partial charge in [0.15, 0.2) is 6.54 Å². The zero-order valence-electron chi connectivity index (χ0n) is 11.1. The summed E-state index contributed by atoms with van der Waals surface area (Å²) in [7, 11) is 1.95. The van der Waals surface area contributed by atoms with Crippen molar-refractivity contribution in [3.63, 3.8) is 0 Å². The highest BCUT2D eigenvalue weighted by Crippen LogP contribution is 2.08. The highest BCUT2D eigenvalue weighted by atomic mass is 19.1. The van der Waals surface area contributed by atoms with E-state index in [0.29, 0.717) is 12.2 Å². The molecule has 0 aliphatic heterocycles. The van der Waals surface area contributed by atoms with Crippen LogP contribution < -0.4 is 10.2 Å². The number of rotatable bonds is 5. The van der Waals surface area contributed by atoms with Gasteiger partial charge in [0.2, 0.25) is 0 Å². The Bertz CT molecular complexity index is 439. The third-order valence-electron chi connectivity index (χ3n) is 2.43. The van der Waals surface area contributed by atoms with Crippen molar-refractivity contribution in [3.05, 3.63) is 41.7 Å². The zero-order chi connectivity index (χ0) is 13.5. The fourth-order valence-electron chi connectivity index (χ4n) is 1.50. The number of quaternary nitrogens is 1. The molecule has 0 bridgehead atoms. The number of nitrogens with one attached hydrogen (secondary N) is 2. The third-order valence-corrected chi connectivity index (χ3v) is 2.43. The second kappa shape index (κ2) is 6.91. The highest BCUT2D eigenvalue weighted by molar-refractivity contribution is 5.91. The standard InChI is InChI=1S/C14H19FN2O/c1-11(2)7-8-17(3)10-14(18)16-13-6-4-5-12(15)9-13/h4-7,9H,8,10H2,1-3H3,(H,16,18)/p+1. The van der Waals surface area contributed by atoms with E-state index >= 15 is 0 Å². The largest absolute Gasteiger partial charge is 0.326 e. The number of benzene rings is 1. The molecular weight excluding hydrogens is 231 g/mol. The van der Waals surface area contributed by atoms with Crippen LogP contribution in [0.15, 0.2) is 35.9 Å². The van der Waals surface area contributed by atoms with Crippen LogP contribution in [0.25, 0.3) is 0 Å². The van der Waals surface area contributed by atoms with Gasteiger partial charge in [0.25, 0.3) is 5.91 Å². The molecule has 18 heavy (non-hydrogen) atoms. The van der Waals surface area contributed by atoms with Gasteiger partial charge >= 0.3 is 0 Å². The van der Waals surface area contributed by atoms with Crippen LogP contribution in [0, 0.1) is 5.82 Å². The van der Waals surface area contributed by atoms with Gasteiger partial charge in [-0.05, 0) is 38.1 Å². The van der Waals surface area contributed by atoms with E-state index in [2.05, 4.69) is 11.4 Å². The average Bonchev–Trinajstić information content (AvgIpc) is 2.26. The molecule has 1 aromatic carbocycles. The predicted molar refractivity (Wildman–Crippen MR) is 71.1 cm³/mol. The van der Waals surface area contributed by atoms with E-state index in [1.54, 1.807) is 12.1 Å². The lowest BCUT2D eigenvalue weighted by Gasteiger charge is -2.12. The van der Waals surface area contributed by atoms with Gasteiger partial charge in [0.1, 0.15) is 5.82 Å². The average molecular weight is 251 g/mol. The Labute approximate surface area is 107 Å². The van der Waals surface area contributed by atoms with E-state index in [-0.39, 0.29) is 11.7 Å². The topological polar surface area (TPSA) is 33.5 Å². The molecule has 1 unspecified atom stereocenters. The molecule has 0 aliphatic carbocycles. The van der Waals surface area contributed by atoms with E-state index in [9.17, 15) is 9.18 Å². The first-order valence-electron chi connectivity index (χ1n) is 5.97. The lowest BCUT2D eigenvalue weighted by molar-refractivity contribution is -0.864. The van der Waals surface area contributed by atoms with Crippen molar-refractivity contribution < 1.29 is 14.1 Å². The molecule has 0 saturated carbocycles. The number of hydrogen-bond donors (Lipinski definition) is 2.